The lowest BCUT2D eigenvalue weighted by Crippen LogP contribution is -2.33. The smallest absolute Gasteiger partial charge is 0.278 e. The maximum Gasteiger partial charge on any atom is 0.278 e. The van der Waals surface area contributed by atoms with Gasteiger partial charge in [-0.1, -0.05) is 13.0 Å². The average Bonchev–Trinajstić information content (AvgIpc) is 2.59. The zero-order valence-corrected chi connectivity index (χ0v) is 14.8. The van der Waals surface area contributed by atoms with E-state index >= 15 is 0 Å². The van der Waals surface area contributed by atoms with Gasteiger partial charge in [0.2, 0.25) is 0 Å². The molecule has 0 saturated heterocycles. The third-order valence-corrected chi connectivity index (χ3v) is 4.28. The van der Waals surface area contributed by atoms with Crippen LogP contribution in [0.25, 0.3) is 6.20 Å². The van der Waals surface area contributed by atoms with Crippen molar-refractivity contribution in [3.8, 4) is 0 Å². The molecule has 8 heteroatoms. The topological polar surface area (TPSA) is 115 Å². The lowest BCUT2D eigenvalue weighted by molar-refractivity contribution is 0.0944. The number of pyridine rings is 1. The van der Waals surface area contributed by atoms with Gasteiger partial charge >= 0.3 is 0 Å². The molecular formula is C18H22N6O2. The molecule has 26 heavy (non-hydrogen) atoms. The number of hydrogen-bond donors (Lipinski definition) is 3. The second kappa shape index (κ2) is 7.38. The summed E-state index contributed by atoms with van der Waals surface area (Å²) >= 11 is 0. The van der Waals surface area contributed by atoms with E-state index in [9.17, 15) is 9.59 Å². The van der Waals surface area contributed by atoms with Gasteiger partial charge in [0.05, 0.1) is 0 Å². The van der Waals surface area contributed by atoms with Crippen molar-refractivity contribution in [3.63, 3.8) is 0 Å². The fourth-order valence-corrected chi connectivity index (χ4v) is 2.91. The zero-order chi connectivity index (χ0) is 18.7. The fourth-order valence-electron chi connectivity index (χ4n) is 2.91. The first-order valence-electron chi connectivity index (χ1n) is 8.53. The fraction of sp³-hybridized carbons (Fsp3) is 0.333. The second-order valence-electron chi connectivity index (χ2n) is 6.43. The Bertz CT molecular complexity index is 918. The predicted molar refractivity (Wildman–Crippen MR) is 101 cm³/mol. The first kappa shape index (κ1) is 17.7. The van der Waals surface area contributed by atoms with Crippen molar-refractivity contribution in [1.29, 1.82) is 0 Å². The Hall–Kier alpha value is -3.16. The standard InChI is InChI=1S/C18H22N6O2/c1-11-4-3-6-20-17(25)16-12(2)8-13(18(26)24(16)7-5-11)23-15-9-14(19)21-10-22-15/h5,7-11H,3-4,6H2,1-2H3,(H,20,25)(H3,19,21,22,23). The van der Waals surface area contributed by atoms with E-state index in [1.807, 2.05) is 6.08 Å². The zero-order valence-electron chi connectivity index (χ0n) is 14.8. The summed E-state index contributed by atoms with van der Waals surface area (Å²) in [6.45, 7) is 4.47. The van der Waals surface area contributed by atoms with Crippen LogP contribution in [0.3, 0.4) is 0 Å². The predicted octanol–water partition coefficient (Wildman–Crippen LogP) is 1.90. The van der Waals surface area contributed by atoms with Crippen LogP contribution in [0.4, 0.5) is 17.3 Å². The summed E-state index contributed by atoms with van der Waals surface area (Å²) in [5.74, 6) is 0.766. The highest BCUT2D eigenvalue weighted by Crippen LogP contribution is 2.18. The van der Waals surface area contributed by atoms with E-state index in [-0.39, 0.29) is 11.5 Å². The molecule has 1 atom stereocenters. The van der Waals surface area contributed by atoms with Crippen LogP contribution in [0.1, 0.15) is 35.8 Å². The molecule has 0 aliphatic carbocycles. The molecule has 0 fully saturated rings. The van der Waals surface area contributed by atoms with Crippen molar-refractivity contribution >= 4 is 29.4 Å². The molecule has 0 aromatic carbocycles. The molecule has 1 amide bonds. The molecule has 4 N–H and O–H groups in total. The molecule has 0 spiro atoms. The Kier molecular flexibility index (Phi) is 5.01. The summed E-state index contributed by atoms with van der Waals surface area (Å²) in [5, 5.41) is 5.85. The minimum absolute atomic E-state index is 0.253. The third kappa shape index (κ3) is 3.74. The maximum atomic E-state index is 13.0. The molecule has 1 unspecified atom stereocenters. The van der Waals surface area contributed by atoms with Gasteiger partial charge in [0.1, 0.15) is 29.3 Å². The molecule has 0 bridgehead atoms. The number of anilines is 3. The van der Waals surface area contributed by atoms with Crippen LogP contribution in [-0.2, 0) is 0 Å². The lowest BCUT2D eigenvalue weighted by atomic mass is 10.0. The maximum absolute atomic E-state index is 13.0. The van der Waals surface area contributed by atoms with Gasteiger partial charge in [-0.15, -0.1) is 0 Å². The summed E-state index contributed by atoms with van der Waals surface area (Å²) in [6.07, 6.45) is 6.79. The Balaban J connectivity index is 2.10. The number of allylic oxidation sites excluding steroid dienone is 1. The number of amides is 1. The minimum Gasteiger partial charge on any atom is -0.384 e. The quantitative estimate of drug-likeness (QED) is 0.759. The first-order valence-corrected chi connectivity index (χ1v) is 8.53. The van der Waals surface area contributed by atoms with Crippen LogP contribution >= 0.6 is 0 Å². The van der Waals surface area contributed by atoms with E-state index in [4.69, 9.17) is 5.73 Å². The van der Waals surface area contributed by atoms with Gasteiger partial charge in [-0.05, 0) is 37.3 Å². The average molecular weight is 354 g/mol. The molecule has 1 aliphatic rings. The summed E-state index contributed by atoms with van der Waals surface area (Å²) in [5.41, 5.74) is 6.66. The van der Waals surface area contributed by atoms with Gasteiger partial charge in [0.15, 0.2) is 0 Å². The molecule has 2 aromatic heterocycles. The number of nitrogens with one attached hydrogen (secondary N) is 2. The summed E-state index contributed by atoms with van der Waals surface area (Å²) < 4.78 is 1.39. The van der Waals surface area contributed by atoms with Crippen molar-refractivity contribution in [3.05, 3.63) is 46.1 Å². The molecule has 0 radical (unpaired) electrons. The first-order chi connectivity index (χ1) is 12.5. The molecule has 2 aromatic rings. The van der Waals surface area contributed by atoms with E-state index in [0.717, 1.165) is 12.8 Å². The number of nitrogens with two attached hydrogens (primary N) is 1. The Morgan fingerprint density at radius 1 is 1.31 bits per heavy atom. The molecular weight excluding hydrogens is 332 g/mol. The number of aromatic nitrogens is 3. The Labute approximate surface area is 151 Å². The van der Waals surface area contributed by atoms with Gasteiger partial charge in [0, 0.05) is 18.8 Å². The van der Waals surface area contributed by atoms with Crippen LogP contribution in [0, 0.1) is 12.8 Å². The van der Waals surface area contributed by atoms with E-state index in [1.54, 1.807) is 19.2 Å². The normalized spacial score (nSPS) is 17.3. The van der Waals surface area contributed by atoms with Crippen LogP contribution in [0.2, 0.25) is 0 Å². The monoisotopic (exact) mass is 354 g/mol. The molecule has 136 valence electrons. The highest BCUT2D eigenvalue weighted by atomic mass is 16.2. The van der Waals surface area contributed by atoms with Crippen molar-refractivity contribution in [2.75, 3.05) is 17.6 Å². The van der Waals surface area contributed by atoms with E-state index in [2.05, 4.69) is 27.5 Å². The molecule has 3 rings (SSSR count). The van der Waals surface area contributed by atoms with Gasteiger partial charge in [-0.2, -0.15) is 0 Å². The number of rotatable bonds is 2. The van der Waals surface area contributed by atoms with Crippen molar-refractivity contribution in [1.82, 2.24) is 19.9 Å². The number of hydrogen-bond acceptors (Lipinski definition) is 6. The van der Waals surface area contributed by atoms with Gasteiger partial charge in [-0.3, -0.25) is 14.2 Å². The number of carbonyl (C=O) groups excluding carboxylic acids is 1. The van der Waals surface area contributed by atoms with Gasteiger partial charge in [0.25, 0.3) is 11.5 Å². The third-order valence-electron chi connectivity index (χ3n) is 4.28. The van der Waals surface area contributed by atoms with Crippen LogP contribution in [0.5, 0.6) is 0 Å². The summed E-state index contributed by atoms with van der Waals surface area (Å²) in [6, 6.07) is 3.19. The van der Waals surface area contributed by atoms with Crippen molar-refractivity contribution in [2.24, 2.45) is 5.92 Å². The van der Waals surface area contributed by atoms with Crippen LogP contribution < -0.4 is 21.9 Å². The largest absolute Gasteiger partial charge is 0.384 e. The number of fused-ring (bicyclic) bond motifs is 1. The second-order valence-corrected chi connectivity index (χ2v) is 6.43. The van der Waals surface area contributed by atoms with Gasteiger partial charge in [-0.25, -0.2) is 9.97 Å². The summed E-state index contributed by atoms with van der Waals surface area (Å²) in [7, 11) is 0. The lowest BCUT2D eigenvalue weighted by Gasteiger charge is -2.17. The van der Waals surface area contributed by atoms with Crippen LogP contribution in [0.15, 0.2) is 29.3 Å². The Morgan fingerprint density at radius 3 is 2.88 bits per heavy atom. The number of aryl methyl sites for hydroxylation is 1. The molecule has 3 heterocycles. The van der Waals surface area contributed by atoms with E-state index in [0.29, 0.717) is 41.0 Å². The van der Waals surface area contributed by atoms with Crippen molar-refractivity contribution < 1.29 is 4.79 Å². The number of nitrogen functional groups attached to an aromatic ring is 1. The molecule has 0 saturated carbocycles. The SMILES string of the molecule is Cc1cc(Nc2cc(N)ncn2)c(=O)n2c1C(=O)NCCCC(C)C=C2. The van der Waals surface area contributed by atoms with Gasteiger partial charge < -0.3 is 16.4 Å². The molecule has 8 nitrogen and oxygen atoms in total. The van der Waals surface area contributed by atoms with Crippen LogP contribution in [-0.4, -0.2) is 27.0 Å². The van der Waals surface area contributed by atoms with Crippen molar-refractivity contribution in [2.45, 2.75) is 26.7 Å². The number of carbonyl (C=O) groups is 1. The minimum atomic E-state index is -0.332. The highest BCUT2D eigenvalue weighted by Gasteiger charge is 2.18. The summed E-state index contributed by atoms with van der Waals surface area (Å²) in [4.78, 5) is 33.4. The number of nitrogens with zero attached hydrogens (tertiary/aromatic N) is 3. The van der Waals surface area contributed by atoms with E-state index < -0.39 is 0 Å². The van der Waals surface area contributed by atoms with E-state index in [1.165, 1.54) is 17.0 Å². The Morgan fingerprint density at radius 2 is 2.12 bits per heavy atom. The molecule has 1 aliphatic heterocycles. The highest BCUT2D eigenvalue weighted by molar-refractivity contribution is 5.95.